The molecule has 0 amide bonds. The van der Waals surface area contributed by atoms with Crippen LogP contribution in [0.2, 0.25) is 0 Å². The first kappa shape index (κ1) is 12.1. The summed E-state index contributed by atoms with van der Waals surface area (Å²) in [4.78, 5) is 16.9. The largest absolute Gasteiger partial charge is 0.295 e. The van der Waals surface area contributed by atoms with Crippen molar-refractivity contribution in [1.29, 1.82) is 0 Å². The number of aromatic nitrogens is 2. The van der Waals surface area contributed by atoms with Gasteiger partial charge in [-0.3, -0.25) is 9.36 Å². The van der Waals surface area contributed by atoms with Crippen molar-refractivity contribution in [3.8, 4) is 11.4 Å². The van der Waals surface area contributed by atoms with Crippen molar-refractivity contribution in [2.45, 2.75) is 0 Å². The Labute approximate surface area is 118 Å². The average molecular weight is 315 g/mol. The Morgan fingerprint density at radius 1 is 1.05 bits per heavy atom. The number of para-hydroxylation sites is 1. The fraction of sp³-hybridized carbons (Fsp3) is 0.0667. The van der Waals surface area contributed by atoms with Crippen molar-refractivity contribution in [3.63, 3.8) is 0 Å². The second-order valence-electron chi connectivity index (χ2n) is 4.32. The topological polar surface area (TPSA) is 34.9 Å². The van der Waals surface area contributed by atoms with Crippen LogP contribution in [0, 0.1) is 0 Å². The molecule has 0 fully saturated rings. The zero-order valence-corrected chi connectivity index (χ0v) is 11.9. The molecule has 0 spiro atoms. The van der Waals surface area contributed by atoms with Crippen molar-refractivity contribution in [2.24, 2.45) is 7.05 Å². The molecule has 4 heteroatoms. The lowest BCUT2D eigenvalue weighted by molar-refractivity contribution is 0.856. The molecule has 1 aromatic heterocycles. The molecule has 0 aliphatic rings. The number of nitrogens with zero attached hydrogens (tertiary/aromatic N) is 2. The maximum Gasteiger partial charge on any atom is 0.261 e. The Morgan fingerprint density at radius 3 is 2.47 bits per heavy atom. The van der Waals surface area contributed by atoms with Gasteiger partial charge in [-0.2, -0.15) is 0 Å². The first-order valence-corrected chi connectivity index (χ1v) is 6.68. The highest BCUT2D eigenvalue weighted by Crippen LogP contribution is 2.20. The molecular weight excluding hydrogens is 304 g/mol. The maximum absolute atomic E-state index is 12.3. The fourth-order valence-corrected chi connectivity index (χ4v) is 2.34. The third kappa shape index (κ3) is 2.08. The molecule has 0 saturated carbocycles. The van der Waals surface area contributed by atoms with Crippen molar-refractivity contribution < 1.29 is 0 Å². The van der Waals surface area contributed by atoms with Gasteiger partial charge < -0.3 is 0 Å². The molecule has 0 radical (unpaired) electrons. The van der Waals surface area contributed by atoms with E-state index >= 15 is 0 Å². The molecule has 94 valence electrons. The predicted octanol–water partition coefficient (Wildman–Crippen LogP) is 3.36. The van der Waals surface area contributed by atoms with E-state index in [-0.39, 0.29) is 5.56 Å². The lowest BCUT2D eigenvalue weighted by Gasteiger charge is -2.09. The van der Waals surface area contributed by atoms with Crippen LogP contribution in [0.5, 0.6) is 0 Å². The number of hydrogen-bond acceptors (Lipinski definition) is 2. The van der Waals surface area contributed by atoms with Crippen molar-refractivity contribution in [2.75, 3.05) is 0 Å². The smallest absolute Gasteiger partial charge is 0.261 e. The van der Waals surface area contributed by atoms with Crippen LogP contribution in [0.15, 0.2) is 57.8 Å². The number of hydrogen-bond donors (Lipinski definition) is 0. The Hall–Kier alpha value is -1.94. The van der Waals surface area contributed by atoms with E-state index in [2.05, 4.69) is 20.9 Å². The minimum absolute atomic E-state index is 0.0245. The van der Waals surface area contributed by atoms with Gasteiger partial charge in [0.15, 0.2) is 0 Å². The van der Waals surface area contributed by atoms with Crippen LogP contribution in [0.4, 0.5) is 0 Å². The van der Waals surface area contributed by atoms with Gasteiger partial charge in [-0.25, -0.2) is 4.98 Å². The molecule has 0 saturated heterocycles. The Bertz CT molecular complexity index is 806. The van der Waals surface area contributed by atoms with E-state index in [1.807, 2.05) is 42.5 Å². The van der Waals surface area contributed by atoms with Gasteiger partial charge in [-0.1, -0.05) is 40.2 Å². The van der Waals surface area contributed by atoms with Crippen LogP contribution < -0.4 is 5.56 Å². The zero-order valence-electron chi connectivity index (χ0n) is 10.3. The van der Waals surface area contributed by atoms with E-state index in [4.69, 9.17) is 0 Å². The van der Waals surface area contributed by atoms with Crippen molar-refractivity contribution in [1.82, 2.24) is 9.55 Å². The lowest BCUT2D eigenvalue weighted by atomic mass is 10.2. The van der Waals surface area contributed by atoms with Gasteiger partial charge in [0.25, 0.3) is 5.56 Å². The molecule has 0 atom stereocenters. The molecule has 0 bridgehead atoms. The van der Waals surface area contributed by atoms with E-state index in [1.54, 1.807) is 17.7 Å². The molecule has 19 heavy (non-hydrogen) atoms. The van der Waals surface area contributed by atoms with E-state index in [1.165, 1.54) is 0 Å². The van der Waals surface area contributed by atoms with Crippen LogP contribution in [-0.4, -0.2) is 9.55 Å². The van der Waals surface area contributed by atoms with Gasteiger partial charge in [-0.05, 0) is 24.3 Å². The molecular formula is C15H11BrN2O. The highest BCUT2D eigenvalue weighted by Gasteiger charge is 2.09. The average Bonchev–Trinajstić information content (AvgIpc) is 2.44. The normalized spacial score (nSPS) is 10.8. The van der Waals surface area contributed by atoms with E-state index in [0.717, 1.165) is 15.6 Å². The van der Waals surface area contributed by atoms with Crippen LogP contribution in [0.25, 0.3) is 22.3 Å². The molecule has 0 aliphatic heterocycles. The van der Waals surface area contributed by atoms with Crippen molar-refractivity contribution >= 4 is 26.8 Å². The first-order chi connectivity index (χ1) is 9.16. The summed E-state index contributed by atoms with van der Waals surface area (Å²) in [5.74, 6) is 0.677. The molecule has 0 N–H and O–H groups in total. The molecule has 3 aromatic rings. The highest BCUT2D eigenvalue weighted by atomic mass is 79.9. The van der Waals surface area contributed by atoms with Gasteiger partial charge in [-0.15, -0.1) is 0 Å². The second kappa shape index (κ2) is 4.63. The molecule has 1 heterocycles. The third-order valence-electron chi connectivity index (χ3n) is 3.09. The van der Waals surface area contributed by atoms with Gasteiger partial charge >= 0.3 is 0 Å². The highest BCUT2D eigenvalue weighted by molar-refractivity contribution is 9.10. The minimum atomic E-state index is -0.0245. The van der Waals surface area contributed by atoms with Crippen LogP contribution in [0.3, 0.4) is 0 Å². The minimum Gasteiger partial charge on any atom is -0.295 e. The predicted molar refractivity (Wildman–Crippen MR) is 80.1 cm³/mol. The van der Waals surface area contributed by atoms with Gasteiger partial charge in [0, 0.05) is 17.1 Å². The Balaban J connectivity index is 2.33. The summed E-state index contributed by atoms with van der Waals surface area (Å²) in [6.07, 6.45) is 0. The summed E-state index contributed by atoms with van der Waals surface area (Å²) >= 11 is 3.40. The van der Waals surface area contributed by atoms with Crippen LogP contribution in [-0.2, 0) is 7.05 Å². The summed E-state index contributed by atoms with van der Waals surface area (Å²) in [5.41, 5.74) is 1.63. The molecule has 3 nitrogen and oxygen atoms in total. The number of rotatable bonds is 1. The van der Waals surface area contributed by atoms with Gasteiger partial charge in [0.2, 0.25) is 0 Å². The standard InChI is InChI=1S/C15H11BrN2O/c1-18-14(10-6-8-11(16)9-7-10)17-13-5-3-2-4-12(13)15(18)19/h2-9H,1H3. The summed E-state index contributed by atoms with van der Waals surface area (Å²) in [5, 5.41) is 0.644. The number of fused-ring (bicyclic) bond motifs is 1. The zero-order chi connectivity index (χ0) is 13.4. The van der Waals surface area contributed by atoms with E-state index in [0.29, 0.717) is 11.2 Å². The maximum atomic E-state index is 12.3. The van der Waals surface area contributed by atoms with Crippen molar-refractivity contribution in [3.05, 3.63) is 63.4 Å². The summed E-state index contributed by atoms with van der Waals surface area (Å²) < 4.78 is 2.59. The quantitative estimate of drug-likeness (QED) is 0.690. The van der Waals surface area contributed by atoms with E-state index < -0.39 is 0 Å². The SMILES string of the molecule is Cn1c(-c2ccc(Br)cc2)nc2ccccc2c1=O. The fourth-order valence-electron chi connectivity index (χ4n) is 2.08. The number of benzene rings is 2. The summed E-state index contributed by atoms with van der Waals surface area (Å²) in [6.45, 7) is 0. The monoisotopic (exact) mass is 314 g/mol. The molecule has 0 aliphatic carbocycles. The van der Waals surface area contributed by atoms with E-state index in [9.17, 15) is 4.79 Å². The van der Waals surface area contributed by atoms with Crippen LogP contribution in [0.1, 0.15) is 0 Å². The molecule has 3 rings (SSSR count). The lowest BCUT2D eigenvalue weighted by Crippen LogP contribution is -2.20. The van der Waals surface area contributed by atoms with Crippen LogP contribution >= 0.6 is 15.9 Å². The molecule has 2 aromatic carbocycles. The van der Waals surface area contributed by atoms with Gasteiger partial charge in [0.05, 0.1) is 10.9 Å². The summed E-state index contributed by atoms with van der Waals surface area (Å²) in [6, 6.07) is 15.2. The Kier molecular flexibility index (Phi) is 2.95. The van der Waals surface area contributed by atoms with Gasteiger partial charge in [0.1, 0.15) is 5.82 Å². The molecule has 0 unspecified atom stereocenters. The number of halogens is 1. The third-order valence-corrected chi connectivity index (χ3v) is 3.61. The Morgan fingerprint density at radius 2 is 1.74 bits per heavy atom. The summed E-state index contributed by atoms with van der Waals surface area (Å²) in [7, 11) is 1.75. The first-order valence-electron chi connectivity index (χ1n) is 5.88. The second-order valence-corrected chi connectivity index (χ2v) is 5.24.